The predicted octanol–water partition coefficient (Wildman–Crippen LogP) is 4.86. The molecular weight excluding hydrogens is 421 g/mol. The van der Waals surface area contributed by atoms with E-state index in [4.69, 9.17) is 4.84 Å². The van der Waals surface area contributed by atoms with E-state index in [0.29, 0.717) is 4.47 Å². The number of carbonyl (C=O) groups is 1. The van der Waals surface area contributed by atoms with Crippen LogP contribution in [0.2, 0.25) is 0 Å². The van der Waals surface area contributed by atoms with Crippen molar-refractivity contribution in [1.29, 1.82) is 0 Å². The minimum atomic E-state index is -3.81. The number of rotatable bonds is 5. The zero-order valence-electron chi connectivity index (χ0n) is 15.6. The Kier molecular flexibility index (Phi) is 9.44. The largest absolute Gasteiger partial charge is 0.291 e. The van der Waals surface area contributed by atoms with Gasteiger partial charge in [-0.05, 0) is 36.1 Å². The third kappa shape index (κ3) is 6.21. The Balaban J connectivity index is 0.00000196. The lowest BCUT2D eigenvalue weighted by molar-refractivity contribution is -0.116. The molecule has 0 atom stereocenters. The van der Waals surface area contributed by atoms with Gasteiger partial charge in [-0.2, -0.15) is 0 Å². The van der Waals surface area contributed by atoms with Crippen molar-refractivity contribution >= 4 is 40.7 Å². The van der Waals surface area contributed by atoms with Crippen molar-refractivity contribution in [1.82, 2.24) is 4.47 Å². The van der Waals surface area contributed by atoms with E-state index < -0.39 is 15.9 Å². The maximum Gasteiger partial charge on any atom is 0.291 e. The topological polar surface area (TPSA) is 63.7 Å². The minimum absolute atomic E-state index is 0. The van der Waals surface area contributed by atoms with Gasteiger partial charge in [0.25, 0.3) is 15.9 Å². The normalized spacial score (nSPS) is 14.5. The average Bonchev–Trinajstić information content (AvgIpc) is 2.66. The van der Waals surface area contributed by atoms with Crippen molar-refractivity contribution < 1.29 is 18.0 Å². The zero-order chi connectivity index (χ0) is 18.6. The molecule has 2 aromatic rings. The molecule has 0 spiro atoms. The second-order valence-corrected chi connectivity index (χ2v) is 8.40. The molecule has 1 aliphatic rings. The quantitative estimate of drug-likeness (QED) is 0.616. The van der Waals surface area contributed by atoms with Crippen LogP contribution in [-0.4, -0.2) is 31.2 Å². The van der Waals surface area contributed by atoms with Crippen molar-refractivity contribution in [3.05, 3.63) is 60.2 Å². The molecule has 1 saturated carbocycles. The van der Waals surface area contributed by atoms with Gasteiger partial charge in [-0.15, -0.1) is 29.3 Å². The van der Waals surface area contributed by atoms with Crippen LogP contribution >= 0.6 is 24.8 Å². The van der Waals surface area contributed by atoms with E-state index in [1.807, 2.05) is 42.5 Å². The van der Waals surface area contributed by atoms with Gasteiger partial charge in [-0.1, -0.05) is 61.7 Å². The van der Waals surface area contributed by atoms with Crippen molar-refractivity contribution in [2.45, 2.75) is 38.2 Å². The number of hydroxylamine groups is 1. The molecule has 0 bridgehead atoms. The summed E-state index contributed by atoms with van der Waals surface area (Å²) in [4.78, 5) is 18.3. The molecule has 1 amide bonds. The van der Waals surface area contributed by atoms with Crippen LogP contribution < -0.4 is 0 Å². The first-order chi connectivity index (χ1) is 12.4. The fraction of sp³-hybridized carbons (Fsp3) is 0.350. The van der Waals surface area contributed by atoms with Gasteiger partial charge in [0.05, 0.1) is 12.4 Å². The molecule has 1 fully saturated rings. The second-order valence-electron chi connectivity index (χ2n) is 6.60. The van der Waals surface area contributed by atoms with Crippen LogP contribution in [0.25, 0.3) is 11.1 Å². The summed E-state index contributed by atoms with van der Waals surface area (Å²) in [6.07, 6.45) is 5.40. The van der Waals surface area contributed by atoms with Gasteiger partial charge >= 0.3 is 0 Å². The fourth-order valence-corrected chi connectivity index (χ4v) is 3.81. The summed E-state index contributed by atoms with van der Waals surface area (Å²) in [7, 11) is -3.81. The smallest absolute Gasteiger partial charge is 0.266 e. The predicted molar refractivity (Wildman–Crippen MR) is 115 cm³/mol. The molecule has 28 heavy (non-hydrogen) atoms. The number of benzene rings is 2. The molecule has 0 aliphatic heterocycles. The third-order valence-electron chi connectivity index (χ3n) is 4.50. The van der Waals surface area contributed by atoms with Gasteiger partial charge < -0.3 is 0 Å². The lowest BCUT2D eigenvalue weighted by Gasteiger charge is -2.27. The lowest BCUT2D eigenvalue weighted by atomic mass is 9.98. The highest BCUT2D eigenvalue weighted by Gasteiger charge is 2.30. The number of sulfonamides is 1. The van der Waals surface area contributed by atoms with Crippen LogP contribution in [0.3, 0.4) is 0 Å². The van der Waals surface area contributed by atoms with Crippen LogP contribution in [-0.2, 0) is 14.9 Å². The Morgan fingerprint density at radius 3 is 1.96 bits per heavy atom. The van der Waals surface area contributed by atoms with Crippen LogP contribution in [0.5, 0.6) is 0 Å². The highest BCUT2D eigenvalue weighted by atomic mass is 35.5. The Labute approximate surface area is 178 Å². The van der Waals surface area contributed by atoms with E-state index in [0.717, 1.165) is 49.5 Å². The third-order valence-corrected chi connectivity index (χ3v) is 5.36. The molecule has 0 saturated heterocycles. The lowest BCUT2D eigenvalue weighted by Crippen LogP contribution is -2.40. The first kappa shape index (κ1) is 24.4. The Bertz CT molecular complexity index is 852. The second kappa shape index (κ2) is 10.8. The van der Waals surface area contributed by atoms with Crippen molar-refractivity contribution in [3.63, 3.8) is 0 Å². The first-order valence-electron chi connectivity index (χ1n) is 8.82. The molecule has 0 aromatic heterocycles. The summed E-state index contributed by atoms with van der Waals surface area (Å²) >= 11 is 0. The monoisotopic (exact) mass is 445 g/mol. The molecule has 2 aromatic carbocycles. The molecule has 154 valence electrons. The molecule has 0 unspecified atom stereocenters. The molecule has 0 N–H and O–H groups in total. The zero-order valence-corrected chi connectivity index (χ0v) is 18.1. The SMILES string of the molecule is CS(=O)(=O)N(OC1CCCCC1)C(=O)c1ccc(-c2ccccc2)cc1.Cl.Cl. The van der Waals surface area contributed by atoms with Crippen molar-refractivity contribution in [2.24, 2.45) is 0 Å². The first-order valence-corrected chi connectivity index (χ1v) is 10.7. The Morgan fingerprint density at radius 1 is 0.893 bits per heavy atom. The Hall–Kier alpha value is -1.60. The van der Waals surface area contributed by atoms with Gasteiger partial charge in [0, 0.05) is 5.56 Å². The van der Waals surface area contributed by atoms with Gasteiger partial charge in [0.1, 0.15) is 0 Å². The van der Waals surface area contributed by atoms with Crippen LogP contribution in [0.15, 0.2) is 54.6 Å². The number of amides is 1. The molecule has 1 aliphatic carbocycles. The van der Waals surface area contributed by atoms with Crippen LogP contribution in [0.4, 0.5) is 0 Å². The summed E-state index contributed by atoms with van der Waals surface area (Å²) in [6.45, 7) is 0. The maximum atomic E-state index is 12.7. The highest BCUT2D eigenvalue weighted by molar-refractivity contribution is 7.88. The number of hydrogen-bond donors (Lipinski definition) is 0. The molecule has 0 radical (unpaired) electrons. The van der Waals surface area contributed by atoms with E-state index in [9.17, 15) is 13.2 Å². The summed E-state index contributed by atoms with van der Waals surface area (Å²) in [5.74, 6) is -0.655. The fourth-order valence-electron chi connectivity index (χ4n) is 3.12. The molecular formula is C20H25Cl2NO4S. The van der Waals surface area contributed by atoms with Crippen molar-refractivity contribution in [2.75, 3.05) is 6.26 Å². The summed E-state index contributed by atoms with van der Waals surface area (Å²) in [6, 6.07) is 16.7. The summed E-state index contributed by atoms with van der Waals surface area (Å²) in [5.41, 5.74) is 2.28. The van der Waals surface area contributed by atoms with E-state index in [-0.39, 0.29) is 36.5 Å². The van der Waals surface area contributed by atoms with Crippen molar-refractivity contribution in [3.8, 4) is 11.1 Å². The van der Waals surface area contributed by atoms with Gasteiger partial charge in [0.15, 0.2) is 0 Å². The van der Waals surface area contributed by atoms with E-state index in [2.05, 4.69) is 0 Å². The molecule has 5 nitrogen and oxygen atoms in total. The Morgan fingerprint density at radius 2 is 1.43 bits per heavy atom. The van der Waals surface area contributed by atoms with E-state index >= 15 is 0 Å². The van der Waals surface area contributed by atoms with E-state index in [1.165, 1.54) is 0 Å². The number of nitrogens with zero attached hydrogens (tertiary/aromatic N) is 1. The highest BCUT2D eigenvalue weighted by Crippen LogP contribution is 2.24. The van der Waals surface area contributed by atoms with Crippen LogP contribution in [0.1, 0.15) is 42.5 Å². The molecule has 8 heteroatoms. The molecule has 0 heterocycles. The van der Waals surface area contributed by atoms with Gasteiger partial charge in [0.2, 0.25) is 0 Å². The van der Waals surface area contributed by atoms with Gasteiger partial charge in [-0.25, -0.2) is 8.42 Å². The molecule has 3 rings (SSSR count). The van der Waals surface area contributed by atoms with Crippen LogP contribution in [0, 0.1) is 0 Å². The summed E-state index contributed by atoms with van der Waals surface area (Å²) < 4.78 is 24.7. The minimum Gasteiger partial charge on any atom is -0.266 e. The number of carbonyl (C=O) groups excluding carboxylic acids is 1. The van der Waals surface area contributed by atoms with Gasteiger partial charge in [-0.3, -0.25) is 9.63 Å². The summed E-state index contributed by atoms with van der Waals surface area (Å²) in [5, 5.41) is 0. The average molecular weight is 446 g/mol. The van der Waals surface area contributed by atoms with E-state index in [1.54, 1.807) is 12.1 Å². The number of halogens is 2. The standard InChI is InChI=1S/C20H23NO4S.2ClH/c1-26(23,24)21(25-19-10-6-3-7-11-19)20(22)18-14-12-17(13-15-18)16-8-4-2-5-9-16;;/h2,4-5,8-9,12-15,19H,3,6-7,10-11H2,1H3;2*1H. The number of hydrogen-bond acceptors (Lipinski definition) is 4. The maximum absolute atomic E-state index is 12.7.